The minimum atomic E-state index is -1.42. The highest BCUT2D eigenvalue weighted by Crippen LogP contribution is 2.64. The lowest BCUT2D eigenvalue weighted by Crippen LogP contribution is -2.56. The first-order valence-corrected chi connectivity index (χ1v) is 11.9. The summed E-state index contributed by atoms with van der Waals surface area (Å²) >= 11 is 0. The fourth-order valence-corrected chi connectivity index (χ4v) is 6.82. The summed E-state index contributed by atoms with van der Waals surface area (Å²) in [5.41, 5.74) is 4.08. The lowest BCUT2D eigenvalue weighted by Gasteiger charge is -2.57. The van der Waals surface area contributed by atoms with Crippen LogP contribution in [0.1, 0.15) is 73.1 Å². The first kappa shape index (κ1) is 22.3. The molecule has 0 saturated heterocycles. The summed E-state index contributed by atoms with van der Waals surface area (Å²) in [5.74, 6) is -0.497. The van der Waals surface area contributed by atoms with Gasteiger partial charge in [-0.2, -0.15) is 0 Å². The van der Waals surface area contributed by atoms with E-state index >= 15 is 0 Å². The maximum atomic E-state index is 11.3. The molecule has 0 bridgehead atoms. The van der Waals surface area contributed by atoms with E-state index in [9.17, 15) is 15.3 Å². The Hall–Kier alpha value is -0.940. The molecule has 168 valence electrons. The van der Waals surface area contributed by atoms with Gasteiger partial charge < -0.3 is 20.1 Å². The highest BCUT2D eigenvalue weighted by molar-refractivity contribution is 5.43. The molecule has 0 aromatic heterocycles. The van der Waals surface area contributed by atoms with Gasteiger partial charge in [0.15, 0.2) is 5.79 Å². The molecule has 4 nitrogen and oxygen atoms in total. The second kappa shape index (κ2) is 7.58. The summed E-state index contributed by atoms with van der Waals surface area (Å²) in [5, 5.41) is 32.5. The Kier molecular flexibility index (Phi) is 5.63. The number of allylic oxidation sites excluding steroid dienone is 5. The Morgan fingerprint density at radius 1 is 1.20 bits per heavy atom. The van der Waals surface area contributed by atoms with E-state index in [0.29, 0.717) is 18.3 Å². The molecular formula is C26H40O4. The van der Waals surface area contributed by atoms with Crippen molar-refractivity contribution in [3.63, 3.8) is 0 Å². The highest BCUT2D eigenvalue weighted by atomic mass is 16.6. The number of aliphatic hydroxyl groups excluding tert-OH is 2. The van der Waals surface area contributed by atoms with Gasteiger partial charge in [-0.15, -0.1) is 0 Å². The Balaban J connectivity index is 1.60. The van der Waals surface area contributed by atoms with E-state index < -0.39 is 18.0 Å². The van der Waals surface area contributed by atoms with E-state index in [1.165, 1.54) is 5.57 Å². The zero-order valence-corrected chi connectivity index (χ0v) is 19.3. The molecule has 4 rings (SSSR count). The third-order valence-corrected chi connectivity index (χ3v) is 9.10. The zero-order chi connectivity index (χ0) is 21.9. The average Bonchev–Trinajstić information content (AvgIpc) is 3.03. The van der Waals surface area contributed by atoms with Gasteiger partial charge >= 0.3 is 0 Å². The summed E-state index contributed by atoms with van der Waals surface area (Å²) in [4.78, 5) is 0. The molecule has 0 spiro atoms. The van der Waals surface area contributed by atoms with Crippen molar-refractivity contribution in [3.05, 3.63) is 34.9 Å². The van der Waals surface area contributed by atoms with Crippen molar-refractivity contribution in [1.82, 2.24) is 0 Å². The number of hydrogen-bond donors (Lipinski definition) is 3. The third kappa shape index (κ3) is 3.26. The summed E-state index contributed by atoms with van der Waals surface area (Å²) < 4.78 is 5.78. The predicted molar refractivity (Wildman–Crippen MR) is 119 cm³/mol. The Labute approximate surface area is 181 Å². The largest absolute Gasteiger partial charge is 0.392 e. The molecule has 0 unspecified atom stereocenters. The quantitative estimate of drug-likeness (QED) is 0.456. The first-order chi connectivity index (χ1) is 14.0. The molecule has 0 aromatic rings. The Morgan fingerprint density at radius 2 is 1.93 bits per heavy atom. The summed E-state index contributed by atoms with van der Waals surface area (Å²) in [6, 6.07) is 0. The first-order valence-electron chi connectivity index (χ1n) is 11.9. The van der Waals surface area contributed by atoms with Crippen LogP contribution >= 0.6 is 0 Å². The minimum Gasteiger partial charge on any atom is -0.392 e. The Morgan fingerprint density at radius 3 is 2.60 bits per heavy atom. The van der Waals surface area contributed by atoms with Crippen LogP contribution in [0, 0.1) is 28.6 Å². The zero-order valence-electron chi connectivity index (χ0n) is 19.3. The number of aliphatic hydroxyl groups is 3. The SMILES string of the molecule is CCC1=CC[C@H]2C3=CC=C4C[C@](O)(OC[C@@H](O)C(C)C)C[C@@H](O)[C@]4(C)[C@H]3CC[C@]12C. The van der Waals surface area contributed by atoms with E-state index in [0.717, 1.165) is 31.3 Å². The molecular weight excluding hydrogens is 376 g/mol. The van der Waals surface area contributed by atoms with Crippen molar-refractivity contribution in [3.8, 4) is 0 Å². The van der Waals surface area contributed by atoms with Crippen LogP contribution < -0.4 is 0 Å². The topological polar surface area (TPSA) is 69.9 Å². The van der Waals surface area contributed by atoms with E-state index in [2.05, 4.69) is 39.0 Å². The molecule has 2 saturated carbocycles. The standard InChI is InChI=1S/C26H40O4/c1-6-17-8-10-20-19-9-7-18-13-26(29,30-15-22(27)16(2)3)14-23(28)25(18,5)21(19)11-12-24(17,20)4/h7-9,16,20-23,27-29H,6,10-15H2,1-5H3/t20-,21-,22+,23+,24+,25-,26-/m0/s1. The van der Waals surface area contributed by atoms with Crippen molar-refractivity contribution < 1.29 is 20.1 Å². The average molecular weight is 417 g/mol. The molecule has 4 aliphatic carbocycles. The van der Waals surface area contributed by atoms with Crippen molar-refractivity contribution in [2.45, 2.75) is 91.1 Å². The van der Waals surface area contributed by atoms with Crippen LogP contribution in [0.4, 0.5) is 0 Å². The summed E-state index contributed by atoms with van der Waals surface area (Å²) in [6.07, 6.45) is 10.7. The molecule has 0 aliphatic heterocycles. The van der Waals surface area contributed by atoms with Gasteiger partial charge in [-0.1, -0.05) is 69.6 Å². The van der Waals surface area contributed by atoms with E-state index in [-0.39, 0.29) is 29.8 Å². The second-order valence-electron chi connectivity index (χ2n) is 11.0. The van der Waals surface area contributed by atoms with Crippen LogP contribution in [-0.4, -0.2) is 39.9 Å². The van der Waals surface area contributed by atoms with Gasteiger partial charge in [0.25, 0.3) is 0 Å². The molecule has 4 aliphatic rings. The maximum absolute atomic E-state index is 11.3. The molecule has 2 fully saturated rings. The van der Waals surface area contributed by atoms with Crippen LogP contribution in [0.25, 0.3) is 0 Å². The van der Waals surface area contributed by atoms with Crippen LogP contribution in [0.2, 0.25) is 0 Å². The van der Waals surface area contributed by atoms with Gasteiger partial charge in [-0.05, 0) is 48.9 Å². The van der Waals surface area contributed by atoms with E-state index in [1.807, 2.05) is 13.8 Å². The van der Waals surface area contributed by atoms with Crippen molar-refractivity contribution >= 4 is 0 Å². The van der Waals surface area contributed by atoms with Crippen LogP contribution in [0.3, 0.4) is 0 Å². The molecule has 0 amide bonds. The normalized spacial score (nSPS) is 43.9. The van der Waals surface area contributed by atoms with Crippen LogP contribution in [0.5, 0.6) is 0 Å². The molecule has 30 heavy (non-hydrogen) atoms. The fourth-order valence-electron chi connectivity index (χ4n) is 6.82. The van der Waals surface area contributed by atoms with Crippen molar-refractivity contribution in [2.75, 3.05) is 6.61 Å². The Bertz CT molecular complexity index is 780. The molecule has 7 atom stereocenters. The summed E-state index contributed by atoms with van der Waals surface area (Å²) in [7, 11) is 0. The number of rotatable bonds is 5. The number of ether oxygens (including phenoxy) is 1. The number of hydrogen-bond acceptors (Lipinski definition) is 4. The molecule has 3 N–H and O–H groups in total. The van der Waals surface area contributed by atoms with Crippen LogP contribution in [-0.2, 0) is 4.74 Å². The molecule has 0 radical (unpaired) electrons. The van der Waals surface area contributed by atoms with Crippen LogP contribution in [0.15, 0.2) is 34.9 Å². The minimum absolute atomic E-state index is 0.0661. The lowest BCUT2D eigenvalue weighted by atomic mass is 9.49. The van der Waals surface area contributed by atoms with Gasteiger partial charge in [0.05, 0.1) is 18.8 Å². The molecule has 0 aromatic carbocycles. The highest BCUT2D eigenvalue weighted by Gasteiger charge is 2.58. The monoisotopic (exact) mass is 416 g/mol. The van der Waals surface area contributed by atoms with Gasteiger partial charge in [0.2, 0.25) is 0 Å². The number of fused-ring (bicyclic) bond motifs is 5. The lowest BCUT2D eigenvalue weighted by molar-refractivity contribution is -0.252. The fraction of sp³-hybridized carbons (Fsp3) is 0.769. The van der Waals surface area contributed by atoms with Gasteiger partial charge in [0, 0.05) is 18.3 Å². The summed E-state index contributed by atoms with van der Waals surface area (Å²) in [6.45, 7) is 10.8. The van der Waals surface area contributed by atoms with Crippen molar-refractivity contribution in [2.24, 2.45) is 28.6 Å². The predicted octanol–water partition coefficient (Wildman–Crippen LogP) is 4.51. The smallest absolute Gasteiger partial charge is 0.171 e. The van der Waals surface area contributed by atoms with Crippen molar-refractivity contribution in [1.29, 1.82) is 0 Å². The maximum Gasteiger partial charge on any atom is 0.171 e. The van der Waals surface area contributed by atoms with E-state index in [1.54, 1.807) is 5.57 Å². The van der Waals surface area contributed by atoms with Gasteiger partial charge in [-0.25, -0.2) is 0 Å². The van der Waals surface area contributed by atoms with E-state index in [4.69, 9.17) is 4.74 Å². The van der Waals surface area contributed by atoms with Gasteiger partial charge in [0.1, 0.15) is 0 Å². The second-order valence-corrected chi connectivity index (χ2v) is 11.0. The van der Waals surface area contributed by atoms with Gasteiger partial charge in [-0.3, -0.25) is 0 Å². The molecule has 0 heterocycles. The third-order valence-electron chi connectivity index (χ3n) is 9.10. The molecule has 4 heteroatoms.